The van der Waals surface area contributed by atoms with Gasteiger partial charge in [-0.15, -0.1) is 5.10 Å². The van der Waals surface area contributed by atoms with E-state index in [0.717, 1.165) is 6.42 Å². The van der Waals surface area contributed by atoms with Crippen LogP contribution in [-0.2, 0) is 11.3 Å². The summed E-state index contributed by atoms with van der Waals surface area (Å²) in [4.78, 5) is 12.5. The molecule has 0 aliphatic rings. The molecule has 1 heterocycles. The summed E-state index contributed by atoms with van der Waals surface area (Å²) in [6, 6.07) is 0. The van der Waals surface area contributed by atoms with Crippen LogP contribution >= 0.6 is 34.8 Å². The molecule has 0 aliphatic carbocycles. The van der Waals surface area contributed by atoms with Crippen LogP contribution in [0.3, 0.4) is 0 Å². The van der Waals surface area contributed by atoms with Crippen LogP contribution in [0.5, 0.6) is 0 Å². The van der Waals surface area contributed by atoms with Crippen LogP contribution < -0.4 is 5.32 Å². The molecule has 0 unspecified atom stereocenters. The zero-order chi connectivity index (χ0) is 11.5. The lowest BCUT2D eigenvalue weighted by Crippen LogP contribution is -2.27. The minimum absolute atomic E-state index is 0.0137. The molecule has 1 aromatic heterocycles. The summed E-state index contributed by atoms with van der Waals surface area (Å²) in [5, 5.41) is 13.3. The van der Waals surface area contributed by atoms with Crippen molar-refractivity contribution in [3.63, 3.8) is 0 Å². The van der Waals surface area contributed by atoms with E-state index in [-0.39, 0.29) is 5.95 Å². The second-order valence-corrected chi connectivity index (χ2v) is 4.94. The fourth-order valence-electron chi connectivity index (χ4n) is 0.760. The highest BCUT2D eigenvalue weighted by Gasteiger charge is 2.31. The van der Waals surface area contributed by atoms with Crippen LogP contribution in [0.2, 0.25) is 0 Å². The Bertz CT molecular complexity index is 347. The average Bonchev–Trinajstić information content (AvgIpc) is 2.51. The molecule has 15 heavy (non-hydrogen) atoms. The van der Waals surface area contributed by atoms with Gasteiger partial charge < -0.3 is 0 Å². The normalized spacial score (nSPS) is 11.5. The Balaban J connectivity index is 2.61. The first-order valence-electron chi connectivity index (χ1n) is 4.09. The van der Waals surface area contributed by atoms with Gasteiger partial charge in [0.05, 0.1) is 6.54 Å². The molecule has 0 bridgehead atoms. The molecule has 84 valence electrons. The van der Waals surface area contributed by atoms with Gasteiger partial charge in [-0.2, -0.15) is 4.80 Å². The molecular formula is C6H8Cl3N5O. The fraction of sp³-hybridized carbons (Fsp3) is 0.667. The van der Waals surface area contributed by atoms with Crippen LogP contribution in [0.4, 0.5) is 5.95 Å². The molecule has 0 fully saturated rings. The minimum Gasteiger partial charge on any atom is -0.288 e. The highest BCUT2D eigenvalue weighted by Crippen LogP contribution is 2.26. The molecule has 0 saturated heterocycles. The van der Waals surface area contributed by atoms with Gasteiger partial charge in [-0.3, -0.25) is 10.1 Å². The molecule has 0 saturated carbocycles. The monoisotopic (exact) mass is 271 g/mol. The molecule has 0 atom stereocenters. The predicted octanol–water partition coefficient (Wildman–Crippen LogP) is 1.39. The quantitative estimate of drug-likeness (QED) is 0.844. The number of carbonyl (C=O) groups excluding carboxylic acids is 1. The summed E-state index contributed by atoms with van der Waals surface area (Å²) in [5.41, 5.74) is 0. The van der Waals surface area contributed by atoms with E-state index < -0.39 is 9.70 Å². The number of alkyl halides is 3. The van der Waals surface area contributed by atoms with Crippen molar-refractivity contribution in [1.82, 2.24) is 20.2 Å². The van der Waals surface area contributed by atoms with Crippen molar-refractivity contribution < 1.29 is 4.79 Å². The number of tetrazole rings is 1. The standard InChI is InChI=1S/C6H8Cl3N5O/c1-2-3-14-12-5(11-13-14)10-4(15)6(7,8)9/h2-3H2,1H3,(H,10,12,15). The van der Waals surface area contributed by atoms with Gasteiger partial charge in [-0.25, -0.2) is 0 Å². The van der Waals surface area contributed by atoms with Crippen LogP contribution in [-0.4, -0.2) is 29.9 Å². The molecule has 1 amide bonds. The van der Waals surface area contributed by atoms with Gasteiger partial charge in [0.25, 0.3) is 15.6 Å². The number of carbonyl (C=O) groups is 1. The van der Waals surface area contributed by atoms with Gasteiger partial charge in [0, 0.05) is 0 Å². The third-order valence-corrected chi connectivity index (χ3v) is 1.87. The number of amides is 1. The van der Waals surface area contributed by atoms with E-state index in [2.05, 4.69) is 20.7 Å². The summed E-state index contributed by atoms with van der Waals surface area (Å²) >= 11 is 16.0. The third-order valence-electron chi connectivity index (χ3n) is 1.36. The number of nitrogens with one attached hydrogen (secondary N) is 1. The number of aromatic nitrogens is 4. The molecule has 0 aliphatic heterocycles. The topological polar surface area (TPSA) is 72.7 Å². The molecule has 6 nitrogen and oxygen atoms in total. The van der Waals surface area contributed by atoms with E-state index >= 15 is 0 Å². The number of nitrogens with zero attached hydrogens (tertiary/aromatic N) is 4. The van der Waals surface area contributed by atoms with Crippen molar-refractivity contribution in [1.29, 1.82) is 0 Å². The van der Waals surface area contributed by atoms with Gasteiger partial charge in [-0.1, -0.05) is 46.8 Å². The SMILES string of the molecule is CCCn1nnc(NC(=O)C(Cl)(Cl)Cl)n1. The molecule has 0 spiro atoms. The van der Waals surface area contributed by atoms with Crippen LogP contribution in [0.25, 0.3) is 0 Å². The molecule has 0 aromatic carbocycles. The maximum atomic E-state index is 11.2. The van der Waals surface area contributed by atoms with Gasteiger partial charge >= 0.3 is 0 Å². The largest absolute Gasteiger partial charge is 0.288 e. The highest BCUT2D eigenvalue weighted by molar-refractivity contribution is 6.76. The molecule has 0 radical (unpaired) electrons. The Hall–Kier alpha value is -0.590. The fourth-order valence-corrected chi connectivity index (χ4v) is 0.902. The molecule has 1 rings (SSSR count). The zero-order valence-corrected chi connectivity index (χ0v) is 10.0. The van der Waals surface area contributed by atoms with E-state index in [4.69, 9.17) is 34.8 Å². The first kappa shape index (κ1) is 12.5. The Kier molecular flexibility index (Phi) is 4.12. The maximum Gasteiger partial charge on any atom is 0.278 e. The van der Waals surface area contributed by atoms with Crippen LogP contribution in [0.15, 0.2) is 0 Å². The van der Waals surface area contributed by atoms with Crippen molar-refractivity contribution in [2.24, 2.45) is 0 Å². The van der Waals surface area contributed by atoms with Gasteiger partial charge in [0.2, 0.25) is 0 Å². The first-order valence-corrected chi connectivity index (χ1v) is 5.23. The number of rotatable bonds is 3. The summed E-state index contributed by atoms with van der Waals surface area (Å²) in [7, 11) is 0. The van der Waals surface area contributed by atoms with Gasteiger partial charge in [0.1, 0.15) is 0 Å². The van der Waals surface area contributed by atoms with E-state index in [1.807, 2.05) is 6.92 Å². The predicted molar refractivity (Wildman–Crippen MR) is 57.0 cm³/mol. The Labute approximate surface area is 101 Å². The number of halogens is 3. The van der Waals surface area contributed by atoms with Crippen molar-refractivity contribution in [3.05, 3.63) is 0 Å². The molecule has 9 heteroatoms. The van der Waals surface area contributed by atoms with Crippen molar-refractivity contribution in [2.45, 2.75) is 23.7 Å². The van der Waals surface area contributed by atoms with Crippen molar-refractivity contribution in [2.75, 3.05) is 5.32 Å². The van der Waals surface area contributed by atoms with Crippen molar-refractivity contribution >= 4 is 46.7 Å². The summed E-state index contributed by atoms with van der Waals surface area (Å²) in [6.07, 6.45) is 0.855. The summed E-state index contributed by atoms with van der Waals surface area (Å²) in [5.74, 6) is -0.802. The number of aryl methyl sites for hydroxylation is 1. The Morgan fingerprint density at radius 1 is 1.53 bits per heavy atom. The number of hydrogen-bond acceptors (Lipinski definition) is 4. The van der Waals surface area contributed by atoms with E-state index in [1.54, 1.807) is 0 Å². The smallest absolute Gasteiger partial charge is 0.278 e. The van der Waals surface area contributed by atoms with Crippen LogP contribution in [0, 0.1) is 0 Å². The first-order chi connectivity index (χ1) is 6.93. The van der Waals surface area contributed by atoms with Crippen LogP contribution in [0.1, 0.15) is 13.3 Å². The Morgan fingerprint density at radius 3 is 2.73 bits per heavy atom. The van der Waals surface area contributed by atoms with E-state index in [9.17, 15) is 4.79 Å². The number of anilines is 1. The molecule has 1 N–H and O–H groups in total. The van der Waals surface area contributed by atoms with Gasteiger partial charge in [0.15, 0.2) is 0 Å². The lowest BCUT2D eigenvalue weighted by molar-refractivity contribution is -0.115. The van der Waals surface area contributed by atoms with E-state index in [1.165, 1.54) is 4.80 Å². The van der Waals surface area contributed by atoms with Crippen molar-refractivity contribution in [3.8, 4) is 0 Å². The highest BCUT2D eigenvalue weighted by atomic mass is 35.6. The Morgan fingerprint density at radius 2 is 2.20 bits per heavy atom. The second kappa shape index (κ2) is 4.96. The second-order valence-electron chi connectivity index (χ2n) is 2.66. The summed E-state index contributed by atoms with van der Waals surface area (Å²) in [6.45, 7) is 2.57. The van der Waals surface area contributed by atoms with Gasteiger partial charge in [-0.05, 0) is 11.6 Å². The average molecular weight is 273 g/mol. The molecule has 1 aromatic rings. The maximum absolute atomic E-state index is 11.2. The lowest BCUT2D eigenvalue weighted by atomic mass is 10.5. The van der Waals surface area contributed by atoms with E-state index in [0.29, 0.717) is 6.54 Å². The minimum atomic E-state index is -2.03. The summed E-state index contributed by atoms with van der Waals surface area (Å²) < 4.78 is -2.03. The lowest BCUT2D eigenvalue weighted by Gasteiger charge is -2.07. The number of hydrogen-bond donors (Lipinski definition) is 1. The third kappa shape index (κ3) is 3.81. The molecular weight excluding hydrogens is 264 g/mol. The zero-order valence-electron chi connectivity index (χ0n) is 7.75.